The third kappa shape index (κ3) is 2.87. The van der Waals surface area contributed by atoms with Gasteiger partial charge in [0.1, 0.15) is 12.7 Å². The molecular formula is C18H21N3O4. The first kappa shape index (κ1) is 15.2. The van der Waals surface area contributed by atoms with E-state index >= 15 is 0 Å². The van der Waals surface area contributed by atoms with E-state index in [1.54, 1.807) is 0 Å². The van der Waals surface area contributed by atoms with Gasteiger partial charge in [-0.2, -0.15) is 4.98 Å². The normalized spacial score (nSPS) is 29.2. The summed E-state index contributed by atoms with van der Waals surface area (Å²) in [5.74, 6) is 2.48. The van der Waals surface area contributed by atoms with Gasteiger partial charge in [-0.3, -0.25) is 4.90 Å². The minimum atomic E-state index is -0.387. The van der Waals surface area contributed by atoms with E-state index in [2.05, 4.69) is 15.0 Å². The van der Waals surface area contributed by atoms with Crippen molar-refractivity contribution < 1.29 is 18.7 Å². The molecule has 2 aromatic rings. The molecule has 0 N–H and O–H groups in total. The lowest BCUT2D eigenvalue weighted by molar-refractivity contribution is -0.0805. The topological polar surface area (TPSA) is 69.9 Å². The van der Waals surface area contributed by atoms with Crippen LogP contribution in [0.1, 0.15) is 43.2 Å². The number of hydrogen-bond donors (Lipinski definition) is 0. The lowest BCUT2D eigenvalue weighted by Gasteiger charge is -2.41. The van der Waals surface area contributed by atoms with Crippen LogP contribution in [0, 0.1) is 0 Å². The Morgan fingerprint density at radius 2 is 1.96 bits per heavy atom. The summed E-state index contributed by atoms with van der Waals surface area (Å²) in [6.07, 6.45) is 3.25. The minimum absolute atomic E-state index is 0.136. The fourth-order valence-corrected chi connectivity index (χ4v) is 3.79. The first-order valence-electron chi connectivity index (χ1n) is 8.94. The van der Waals surface area contributed by atoms with Crippen LogP contribution in [0.5, 0.6) is 11.5 Å². The summed E-state index contributed by atoms with van der Waals surface area (Å²) >= 11 is 0. The van der Waals surface area contributed by atoms with Crippen molar-refractivity contribution in [2.24, 2.45) is 0 Å². The monoisotopic (exact) mass is 343 g/mol. The Morgan fingerprint density at radius 3 is 2.92 bits per heavy atom. The molecule has 3 aliphatic rings. The second kappa shape index (κ2) is 6.31. The summed E-state index contributed by atoms with van der Waals surface area (Å²) in [7, 11) is 0. The zero-order valence-electron chi connectivity index (χ0n) is 14.0. The van der Waals surface area contributed by atoms with Gasteiger partial charge in [-0.15, -0.1) is 0 Å². The molecular weight excluding hydrogens is 322 g/mol. The second-order valence-corrected chi connectivity index (χ2v) is 6.82. The predicted octanol–water partition coefficient (Wildman–Crippen LogP) is 2.51. The van der Waals surface area contributed by atoms with Gasteiger partial charge in [0.25, 0.3) is 5.89 Å². The zero-order chi connectivity index (χ0) is 16.6. The molecule has 2 unspecified atom stereocenters. The molecule has 3 aliphatic heterocycles. The molecule has 0 aliphatic carbocycles. The lowest BCUT2D eigenvalue weighted by atomic mass is 10.0. The fraction of sp³-hybridized carbons (Fsp3) is 0.556. The molecule has 2 fully saturated rings. The maximum absolute atomic E-state index is 5.99. The lowest BCUT2D eigenvalue weighted by Crippen LogP contribution is -2.49. The van der Waals surface area contributed by atoms with E-state index in [4.69, 9.17) is 18.7 Å². The van der Waals surface area contributed by atoms with Crippen LogP contribution in [0.3, 0.4) is 0 Å². The van der Waals surface area contributed by atoms with Crippen LogP contribution in [0.15, 0.2) is 28.8 Å². The van der Waals surface area contributed by atoms with Gasteiger partial charge in [0.2, 0.25) is 11.9 Å². The highest BCUT2D eigenvalue weighted by molar-refractivity contribution is 5.40. The average molecular weight is 343 g/mol. The van der Waals surface area contributed by atoms with Crippen LogP contribution in [0.4, 0.5) is 0 Å². The number of piperidine rings is 1. The molecule has 0 amide bonds. The number of aromatic nitrogens is 2. The number of morpholine rings is 1. The van der Waals surface area contributed by atoms with E-state index in [-0.39, 0.29) is 12.2 Å². The molecule has 132 valence electrons. The van der Waals surface area contributed by atoms with Crippen molar-refractivity contribution in [1.29, 1.82) is 0 Å². The molecule has 1 aromatic carbocycles. The summed E-state index contributed by atoms with van der Waals surface area (Å²) in [6, 6.07) is 8.13. The Hall–Kier alpha value is -2.12. The van der Waals surface area contributed by atoms with Gasteiger partial charge in [-0.25, -0.2) is 0 Å². The van der Waals surface area contributed by atoms with E-state index in [9.17, 15) is 0 Å². The number of nitrogens with zero attached hydrogens (tertiary/aromatic N) is 3. The number of benzene rings is 1. The number of rotatable bonds is 2. The van der Waals surface area contributed by atoms with Crippen molar-refractivity contribution in [3.05, 3.63) is 36.0 Å². The van der Waals surface area contributed by atoms with Gasteiger partial charge in [-0.1, -0.05) is 23.7 Å². The van der Waals surface area contributed by atoms with Gasteiger partial charge in [0.05, 0.1) is 6.61 Å². The van der Waals surface area contributed by atoms with Crippen LogP contribution in [0.2, 0.25) is 0 Å². The van der Waals surface area contributed by atoms with Gasteiger partial charge in [-0.05, 0) is 31.5 Å². The fourth-order valence-electron chi connectivity index (χ4n) is 3.79. The van der Waals surface area contributed by atoms with Gasteiger partial charge in [0.15, 0.2) is 11.5 Å². The number of para-hydroxylation sites is 2. The van der Waals surface area contributed by atoms with E-state index in [1.807, 2.05) is 24.3 Å². The van der Waals surface area contributed by atoms with Crippen LogP contribution in [-0.4, -0.2) is 47.4 Å². The molecule has 0 spiro atoms. The first-order chi connectivity index (χ1) is 12.4. The van der Waals surface area contributed by atoms with Crippen LogP contribution in [-0.2, 0) is 4.74 Å². The molecule has 0 bridgehead atoms. The second-order valence-electron chi connectivity index (χ2n) is 6.82. The molecule has 25 heavy (non-hydrogen) atoms. The SMILES string of the molecule is c1ccc2c(c1)OCC(c1nc([C@H]3CN4CCCCC4CO3)no1)O2. The molecule has 7 nitrogen and oxygen atoms in total. The van der Waals surface area contributed by atoms with Crippen molar-refractivity contribution in [1.82, 2.24) is 15.0 Å². The maximum atomic E-state index is 5.99. The summed E-state index contributed by atoms with van der Waals surface area (Å²) in [5, 5.41) is 4.14. The van der Waals surface area contributed by atoms with Gasteiger partial charge < -0.3 is 18.7 Å². The largest absolute Gasteiger partial charge is 0.485 e. The zero-order valence-corrected chi connectivity index (χ0v) is 14.0. The summed E-state index contributed by atoms with van der Waals surface area (Å²) in [4.78, 5) is 7.02. The molecule has 0 saturated carbocycles. The van der Waals surface area contributed by atoms with Crippen LogP contribution >= 0.6 is 0 Å². The van der Waals surface area contributed by atoms with Crippen molar-refractivity contribution in [3.8, 4) is 11.5 Å². The third-order valence-electron chi connectivity index (χ3n) is 5.17. The Morgan fingerprint density at radius 1 is 1.04 bits per heavy atom. The molecule has 2 saturated heterocycles. The van der Waals surface area contributed by atoms with Crippen LogP contribution in [0.25, 0.3) is 0 Å². The number of ether oxygens (including phenoxy) is 3. The van der Waals surface area contributed by atoms with Crippen molar-refractivity contribution >= 4 is 0 Å². The molecule has 1 aromatic heterocycles. The summed E-state index contributed by atoms with van der Waals surface area (Å²) < 4.78 is 23.1. The minimum Gasteiger partial charge on any atom is -0.485 e. The third-order valence-corrected chi connectivity index (χ3v) is 5.17. The van der Waals surface area contributed by atoms with E-state index in [1.165, 1.54) is 19.3 Å². The number of fused-ring (bicyclic) bond motifs is 2. The van der Waals surface area contributed by atoms with Crippen molar-refractivity contribution in [2.45, 2.75) is 37.5 Å². The van der Waals surface area contributed by atoms with Gasteiger partial charge >= 0.3 is 0 Å². The Kier molecular flexibility index (Phi) is 3.83. The highest BCUT2D eigenvalue weighted by Crippen LogP contribution is 2.36. The van der Waals surface area contributed by atoms with Gasteiger partial charge in [0, 0.05) is 12.6 Å². The van der Waals surface area contributed by atoms with E-state index < -0.39 is 0 Å². The average Bonchev–Trinajstić information content (AvgIpc) is 3.17. The Balaban J connectivity index is 1.29. The quantitative estimate of drug-likeness (QED) is 0.830. The Bertz CT molecular complexity index is 749. The summed E-state index contributed by atoms with van der Waals surface area (Å²) in [5.41, 5.74) is 0. The van der Waals surface area contributed by atoms with E-state index in [0.29, 0.717) is 30.1 Å². The smallest absolute Gasteiger partial charge is 0.271 e. The maximum Gasteiger partial charge on any atom is 0.271 e. The Labute approximate surface area is 145 Å². The van der Waals surface area contributed by atoms with Crippen molar-refractivity contribution in [3.63, 3.8) is 0 Å². The predicted molar refractivity (Wildman–Crippen MR) is 87.5 cm³/mol. The highest BCUT2D eigenvalue weighted by atomic mass is 16.6. The van der Waals surface area contributed by atoms with Crippen LogP contribution < -0.4 is 9.47 Å². The molecule has 5 rings (SSSR count). The van der Waals surface area contributed by atoms with Crippen molar-refractivity contribution in [2.75, 3.05) is 26.3 Å². The highest BCUT2D eigenvalue weighted by Gasteiger charge is 2.35. The first-order valence-corrected chi connectivity index (χ1v) is 8.94. The number of hydrogen-bond acceptors (Lipinski definition) is 7. The van der Waals surface area contributed by atoms with E-state index in [0.717, 1.165) is 25.4 Å². The molecule has 3 atom stereocenters. The molecule has 7 heteroatoms. The standard InChI is InChI=1S/C18H21N3O4/c1-2-7-14-13(6-1)23-11-16(24-14)18-19-17(20-25-18)15-9-21-8-4-3-5-12(21)10-22-15/h1-2,6-7,12,15-16H,3-5,8-11H2/t12?,15-,16?/m1/s1. The molecule has 4 heterocycles. The summed E-state index contributed by atoms with van der Waals surface area (Å²) in [6.45, 7) is 3.06. The molecule has 0 radical (unpaired) electrons.